The number of hydrogen-bond acceptors (Lipinski definition) is 3. The van der Waals surface area contributed by atoms with E-state index in [2.05, 4.69) is 11.4 Å². The van der Waals surface area contributed by atoms with Crippen molar-refractivity contribution >= 4 is 0 Å². The summed E-state index contributed by atoms with van der Waals surface area (Å²) in [5.74, 6) is 1.63. The summed E-state index contributed by atoms with van der Waals surface area (Å²) in [5, 5.41) is 11.9. The van der Waals surface area contributed by atoms with Gasteiger partial charge in [-0.25, -0.2) is 0 Å². The Hall–Kier alpha value is -1.53. The van der Waals surface area contributed by atoms with Gasteiger partial charge in [0.2, 0.25) is 0 Å². The highest BCUT2D eigenvalue weighted by Crippen LogP contribution is 2.14. The molecule has 0 aromatic heterocycles. The van der Waals surface area contributed by atoms with Crippen molar-refractivity contribution in [2.24, 2.45) is 5.92 Å². The van der Waals surface area contributed by atoms with Gasteiger partial charge in [0, 0.05) is 0 Å². The minimum Gasteiger partial charge on any atom is -0.494 e. The lowest BCUT2D eigenvalue weighted by Crippen LogP contribution is -2.42. The first kappa shape index (κ1) is 10.0. The number of rotatable bonds is 4. The smallest absolute Gasteiger partial charge is 0.119 e. The van der Waals surface area contributed by atoms with Crippen LogP contribution in [0.4, 0.5) is 0 Å². The Balaban J connectivity index is 1.75. The SMILES string of the molecule is N#Cc1ccc(OCCC2CNC2)cc1. The molecule has 0 amide bonds. The minimum atomic E-state index is 0.672. The van der Waals surface area contributed by atoms with E-state index in [-0.39, 0.29) is 0 Å². The Morgan fingerprint density at radius 2 is 2.07 bits per heavy atom. The van der Waals surface area contributed by atoms with E-state index in [9.17, 15) is 0 Å². The zero-order valence-electron chi connectivity index (χ0n) is 8.57. The van der Waals surface area contributed by atoms with E-state index >= 15 is 0 Å². The molecule has 0 radical (unpaired) electrons. The monoisotopic (exact) mass is 202 g/mol. The molecule has 0 spiro atoms. The van der Waals surface area contributed by atoms with Crippen LogP contribution in [0.2, 0.25) is 0 Å². The highest BCUT2D eigenvalue weighted by molar-refractivity contribution is 5.34. The second kappa shape index (κ2) is 4.81. The molecule has 1 fully saturated rings. The normalized spacial score (nSPS) is 15.4. The fourth-order valence-electron chi connectivity index (χ4n) is 1.52. The average molecular weight is 202 g/mol. The highest BCUT2D eigenvalue weighted by atomic mass is 16.5. The third-order valence-electron chi connectivity index (χ3n) is 2.64. The van der Waals surface area contributed by atoms with Gasteiger partial charge in [-0.1, -0.05) is 0 Å². The van der Waals surface area contributed by atoms with Crippen molar-refractivity contribution < 1.29 is 4.74 Å². The Labute approximate surface area is 89.7 Å². The lowest BCUT2D eigenvalue weighted by Gasteiger charge is -2.26. The van der Waals surface area contributed by atoms with Crippen LogP contribution in [-0.4, -0.2) is 19.7 Å². The van der Waals surface area contributed by atoms with Gasteiger partial charge in [0.25, 0.3) is 0 Å². The van der Waals surface area contributed by atoms with Crippen LogP contribution in [-0.2, 0) is 0 Å². The summed E-state index contributed by atoms with van der Waals surface area (Å²) < 4.78 is 5.57. The summed E-state index contributed by atoms with van der Waals surface area (Å²) in [6, 6.07) is 9.33. The van der Waals surface area contributed by atoms with Crippen LogP contribution in [0.5, 0.6) is 5.75 Å². The molecular formula is C12H14N2O. The summed E-state index contributed by atoms with van der Waals surface area (Å²) in [6.45, 7) is 3.01. The van der Waals surface area contributed by atoms with E-state index in [0.717, 1.165) is 37.8 Å². The fraction of sp³-hybridized carbons (Fsp3) is 0.417. The summed E-state index contributed by atoms with van der Waals surface area (Å²) >= 11 is 0. The lowest BCUT2D eigenvalue weighted by molar-refractivity contribution is 0.238. The molecule has 1 heterocycles. The Morgan fingerprint density at radius 3 is 2.60 bits per heavy atom. The predicted octanol–water partition coefficient (Wildman–Crippen LogP) is 1.55. The van der Waals surface area contributed by atoms with Gasteiger partial charge in [0.05, 0.1) is 18.2 Å². The van der Waals surface area contributed by atoms with E-state index in [4.69, 9.17) is 10.00 Å². The third-order valence-corrected chi connectivity index (χ3v) is 2.64. The van der Waals surface area contributed by atoms with Crippen LogP contribution in [0.15, 0.2) is 24.3 Å². The molecule has 2 rings (SSSR count). The molecule has 1 aliphatic heterocycles. The first-order chi connectivity index (χ1) is 7.38. The quantitative estimate of drug-likeness (QED) is 0.805. The van der Waals surface area contributed by atoms with Crippen molar-refractivity contribution in [2.45, 2.75) is 6.42 Å². The molecule has 1 aromatic rings. The zero-order valence-corrected chi connectivity index (χ0v) is 8.57. The van der Waals surface area contributed by atoms with Gasteiger partial charge in [-0.3, -0.25) is 0 Å². The average Bonchev–Trinajstić information content (AvgIpc) is 2.23. The maximum atomic E-state index is 8.62. The second-order valence-electron chi connectivity index (χ2n) is 3.80. The molecule has 1 saturated heterocycles. The number of nitrogens with one attached hydrogen (secondary N) is 1. The molecule has 0 saturated carbocycles. The fourth-order valence-corrected chi connectivity index (χ4v) is 1.52. The third kappa shape index (κ3) is 2.71. The van der Waals surface area contributed by atoms with Crippen molar-refractivity contribution in [1.82, 2.24) is 5.32 Å². The van der Waals surface area contributed by atoms with Crippen molar-refractivity contribution in [1.29, 1.82) is 5.26 Å². The maximum Gasteiger partial charge on any atom is 0.119 e. The number of nitrogens with zero attached hydrogens (tertiary/aromatic N) is 1. The summed E-state index contributed by atoms with van der Waals surface area (Å²) in [5.41, 5.74) is 0.672. The topological polar surface area (TPSA) is 45.0 Å². The van der Waals surface area contributed by atoms with Gasteiger partial charge in [-0.2, -0.15) is 5.26 Å². The van der Waals surface area contributed by atoms with Crippen LogP contribution in [0.1, 0.15) is 12.0 Å². The van der Waals surface area contributed by atoms with E-state index in [0.29, 0.717) is 5.56 Å². The van der Waals surface area contributed by atoms with Gasteiger partial charge < -0.3 is 10.1 Å². The van der Waals surface area contributed by atoms with Gasteiger partial charge in [0.1, 0.15) is 5.75 Å². The Kier molecular flexibility index (Phi) is 3.21. The Morgan fingerprint density at radius 1 is 1.33 bits per heavy atom. The van der Waals surface area contributed by atoms with Crippen LogP contribution in [0, 0.1) is 17.2 Å². The molecule has 0 atom stereocenters. The summed E-state index contributed by atoms with van der Waals surface area (Å²) in [7, 11) is 0. The molecule has 1 aliphatic rings. The molecule has 15 heavy (non-hydrogen) atoms. The predicted molar refractivity (Wildman–Crippen MR) is 57.6 cm³/mol. The van der Waals surface area contributed by atoms with E-state index in [1.807, 2.05) is 12.1 Å². The summed E-state index contributed by atoms with van der Waals surface area (Å²) in [6.07, 6.45) is 1.10. The number of nitriles is 1. The van der Waals surface area contributed by atoms with Crippen LogP contribution in [0.25, 0.3) is 0 Å². The van der Waals surface area contributed by atoms with Crippen LogP contribution < -0.4 is 10.1 Å². The van der Waals surface area contributed by atoms with Gasteiger partial charge in [-0.15, -0.1) is 0 Å². The molecule has 1 N–H and O–H groups in total. The second-order valence-corrected chi connectivity index (χ2v) is 3.80. The zero-order chi connectivity index (χ0) is 10.5. The lowest BCUT2D eigenvalue weighted by atomic mass is 10.0. The van der Waals surface area contributed by atoms with Crippen LogP contribution >= 0.6 is 0 Å². The van der Waals surface area contributed by atoms with Crippen molar-refractivity contribution in [3.8, 4) is 11.8 Å². The number of benzene rings is 1. The van der Waals surface area contributed by atoms with Gasteiger partial charge >= 0.3 is 0 Å². The number of hydrogen-bond donors (Lipinski definition) is 1. The van der Waals surface area contributed by atoms with Gasteiger partial charge in [-0.05, 0) is 49.7 Å². The van der Waals surface area contributed by atoms with Crippen molar-refractivity contribution in [2.75, 3.05) is 19.7 Å². The Bertz CT molecular complexity index is 349. The summed E-state index contributed by atoms with van der Waals surface area (Å²) in [4.78, 5) is 0. The first-order valence-electron chi connectivity index (χ1n) is 5.22. The van der Waals surface area contributed by atoms with Crippen molar-refractivity contribution in [3.63, 3.8) is 0 Å². The van der Waals surface area contributed by atoms with E-state index in [1.165, 1.54) is 0 Å². The number of ether oxygens (including phenoxy) is 1. The molecule has 3 nitrogen and oxygen atoms in total. The van der Waals surface area contributed by atoms with E-state index in [1.54, 1.807) is 12.1 Å². The molecule has 0 aliphatic carbocycles. The molecule has 1 aromatic carbocycles. The van der Waals surface area contributed by atoms with Crippen molar-refractivity contribution in [3.05, 3.63) is 29.8 Å². The minimum absolute atomic E-state index is 0.672. The maximum absolute atomic E-state index is 8.62. The molecule has 3 heteroatoms. The van der Waals surface area contributed by atoms with Gasteiger partial charge in [0.15, 0.2) is 0 Å². The molecule has 0 bridgehead atoms. The molecule has 0 unspecified atom stereocenters. The van der Waals surface area contributed by atoms with E-state index < -0.39 is 0 Å². The van der Waals surface area contributed by atoms with Crippen LogP contribution in [0.3, 0.4) is 0 Å². The largest absolute Gasteiger partial charge is 0.494 e. The highest BCUT2D eigenvalue weighted by Gasteiger charge is 2.15. The molecule has 78 valence electrons. The molecular weight excluding hydrogens is 188 g/mol. The standard InChI is InChI=1S/C12H14N2O/c13-7-10-1-3-12(4-2-10)15-6-5-11-8-14-9-11/h1-4,11,14H,5-6,8-9H2. The first-order valence-corrected chi connectivity index (χ1v) is 5.22.